The average Bonchev–Trinajstić information content (AvgIpc) is 3.12. The summed E-state index contributed by atoms with van der Waals surface area (Å²) in [5.74, 6) is 1.84. The summed E-state index contributed by atoms with van der Waals surface area (Å²) >= 11 is 0. The number of anilines is 1. The highest BCUT2D eigenvalue weighted by Crippen LogP contribution is 2.35. The number of carbonyl (C=O) groups is 1. The van der Waals surface area contributed by atoms with Crippen LogP contribution in [0.5, 0.6) is 11.5 Å². The Bertz CT molecular complexity index is 863. The molecule has 2 heterocycles. The normalized spacial score (nSPS) is 18.6. The van der Waals surface area contributed by atoms with Crippen molar-refractivity contribution in [2.24, 2.45) is 0 Å². The summed E-state index contributed by atoms with van der Waals surface area (Å²) < 4.78 is 11.7. The first-order chi connectivity index (χ1) is 14.6. The van der Waals surface area contributed by atoms with Crippen LogP contribution in [0.4, 0.5) is 5.69 Å². The van der Waals surface area contributed by atoms with Gasteiger partial charge in [0.25, 0.3) is 5.91 Å². The fourth-order valence-corrected chi connectivity index (χ4v) is 4.29. The molecule has 1 atom stereocenters. The van der Waals surface area contributed by atoms with Crippen LogP contribution < -0.4 is 24.6 Å². The zero-order valence-corrected chi connectivity index (χ0v) is 17.9. The van der Waals surface area contributed by atoms with Crippen LogP contribution in [-0.4, -0.2) is 51.3 Å². The first-order valence-electron chi connectivity index (χ1n) is 11.0. The second kappa shape index (κ2) is 9.39. The van der Waals surface area contributed by atoms with Crippen LogP contribution >= 0.6 is 0 Å². The van der Waals surface area contributed by atoms with Crippen LogP contribution in [0.1, 0.15) is 25.0 Å². The topological polar surface area (TPSA) is 55.2 Å². The first kappa shape index (κ1) is 20.5. The number of nitrogens with zero attached hydrogens (tertiary/aromatic N) is 1. The summed E-state index contributed by atoms with van der Waals surface area (Å²) in [6.07, 6.45) is 1.10. The highest BCUT2D eigenvalue weighted by molar-refractivity contribution is 5.77. The molecule has 1 amide bonds. The summed E-state index contributed by atoms with van der Waals surface area (Å²) in [7, 11) is 0. The fourth-order valence-electron chi connectivity index (χ4n) is 4.29. The van der Waals surface area contributed by atoms with Gasteiger partial charge < -0.3 is 24.6 Å². The average molecular weight is 411 g/mol. The molecule has 30 heavy (non-hydrogen) atoms. The maximum atomic E-state index is 12.6. The fraction of sp³-hybridized carbons (Fsp3) is 0.458. The third-order valence-electron chi connectivity index (χ3n) is 5.86. The number of benzene rings is 2. The summed E-state index contributed by atoms with van der Waals surface area (Å²) in [5, 5.41) is 3.08. The molecule has 6 nitrogen and oxygen atoms in total. The number of nitrogens with one attached hydrogen (secondary N) is 2. The van der Waals surface area contributed by atoms with Gasteiger partial charge in [0.1, 0.15) is 17.6 Å². The van der Waals surface area contributed by atoms with Crippen molar-refractivity contribution in [3.63, 3.8) is 0 Å². The maximum Gasteiger partial charge on any atom is 0.275 e. The van der Waals surface area contributed by atoms with Crippen molar-refractivity contribution < 1.29 is 19.2 Å². The van der Waals surface area contributed by atoms with Gasteiger partial charge in [-0.2, -0.15) is 0 Å². The molecule has 2 aliphatic rings. The van der Waals surface area contributed by atoms with E-state index in [-0.39, 0.29) is 12.0 Å². The molecule has 0 aromatic heterocycles. The van der Waals surface area contributed by atoms with E-state index in [1.54, 1.807) is 0 Å². The molecule has 2 aromatic carbocycles. The van der Waals surface area contributed by atoms with Gasteiger partial charge in [0.15, 0.2) is 6.54 Å². The van der Waals surface area contributed by atoms with E-state index in [1.165, 1.54) is 16.2 Å². The van der Waals surface area contributed by atoms with Crippen LogP contribution in [0.25, 0.3) is 0 Å². The molecular formula is C24H32N3O3+. The van der Waals surface area contributed by atoms with Crippen LogP contribution in [0.3, 0.4) is 0 Å². The highest BCUT2D eigenvalue weighted by atomic mass is 16.5. The van der Waals surface area contributed by atoms with E-state index >= 15 is 0 Å². The molecule has 0 aliphatic carbocycles. The maximum absolute atomic E-state index is 12.6. The van der Waals surface area contributed by atoms with Crippen LogP contribution in [0, 0.1) is 0 Å². The summed E-state index contributed by atoms with van der Waals surface area (Å²) in [5.41, 5.74) is 3.42. The second-order valence-corrected chi connectivity index (χ2v) is 8.16. The molecule has 2 aliphatic heterocycles. The monoisotopic (exact) mass is 410 g/mol. The Morgan fingerprint density at radius 2 is 2.00 bits per heavy atom. The lowest BCUT2D eigenvalue weighted by Gasteiger charge is -2.33. The van der Waals surface area contributed by atoms with Gasteiger partial charge >= 0.3 is 0 Å². The number of rotatable bonds is 7. The zero-order valence-electron chi connectivity index (χ0n) is 17.9. The van der Waals surface area contributed by atoms with E-state index in [1.807, 2.05) is 19.1 Å². The number of amides is 1. The third-order valence-corrected chi connectivity index (χ3v) is 5.86. The quantitative estimate of drug-likeness (QED) is 0.725. The van der Waals surface area contributed by atoms with Crippen molar-refractivity contribution in [2.45, 2.75) is 32.9 Å². The third kappa shape index (κ3) is 4.87. The van der Waals surface area contributed by atoms with Gasteiger partial charge in [-0.15, -0.1) is 0 Å². The van der Waals surface area contributed by atoms with Gasteiger partial charge in [-0.05, 0) is 38.1 Å². The molecule has 4 rings (SSSR count). The molecule has 1 fully saturated rings. The SMILES string of the molecule is CCOc1cc2c(cc1CNC(=O)C[NH+]1CCN(c3ccccc3)CC1)O[C@H](C)C2. The predicted molar refractivity (Wildman–Crippen MR) is 117 cm³/mol. The standard InChI is InChI=1S/C24H31N3O3/c1-3-29-22-14-19-13-18(2)30-23(19)15-20(22)16-25-24(28)17-26-9-11-27(12-10-26)21-7-5-4-6-8-21/h4-8,14-15,18H,3,9-13,16-17H2,1-2H3,(H,25,28)/p+1/t18-/m1/s1. The van der Waals surface area contributed by atoms with Gasteiger partial charge in [0, 0.05) is 29.8 Å². The molecular weight excluding hydrogens is 378 g/mol. The lowest BCUT2D eigenvalue weighted by molar-refractivity contribution is -0.892. The number of hydrogen-bond donors (Lipinski definition) is 2. The number of para-hydroxylation sites is 1. The Hall–Kier alpha value is -2.73. The number of ether oxygens (including phenoxy) is 2. The van der Waals surface area contributed by atoms with E-state index in [2.05, 4.69) is 47.5 Å². The molecule has 2 aromatic rings. The Morgan fingerprint density at radius 1 is 1.23 bits per heavy atom. The first-order valence-corrected chi connectivity index (χ1v) is 11.0. The van der Waals surface area contributed by atoms with Gasteiger partial charge in [-0.3, -0.25) is 4.79 Å². The predicted octanol–water partition coefficient (Wildman–Crippen LogP) is 1.43. The Morgan fingerprint density at radius 3 is 2.73 bits per heavy atom. The van der Waals surface area contributed by atoms with Crippen LogP contribution in [0.2, 0.25) is 0 Å². The van der Waals surface area contributed by atoms with Gasteiger partial charge in [-0.25, -0.2) is 0 Å². The molecule has 0 saturated carbocycles. The van der Waals surface area contributed by atoms with Crippen molar-refractivity contribution in [3.05, 3.63) is 53.6 Å². The lowest BCUT2D eigenvalue weighted by Crippen LogP contribution is -3.15. The van der Waals surface area contributed by atoms with Gasteiger partial charge in [-0.1, -0.05) is 18.2 Å². The highest BCUT2D eigenvalue weighted by Gasteiger charge is 2.24. The van der Waals surface area contributed by atoms with Crippen molar-refractivity contribution in [1.82, 2.24) is 5.32 Å². The number of carbonyl (C=O) groups excluding carboxylic acids is 1. The minimum atomic E-state index is 0.0791. The van der Waals surface area contributed by atoms with Crippen molar-refractivity contribution in [3.8, 4) is 11.5 Å². The Balaban J connectivity index is 1.29. The molecule has 6 heteroatoms. The lowest BCUT2D eigenvalue weighted by atomic mass is 10.1. The van der Waals surface area contributed by atoms with E-state index < -0.39 is 0 Å². The molecule has 160 valence electrons. The van der Waals surface area contributed by atoms with E-state index in [4.69, 9.17) is 9.47 Å². The largest absolute Gasteiger partial charge is 0.494 e. The molecule has 0 bridgehead atoms. The van der Waals surface area contributed by atoms with Gasteiger partial charge in [0.05, 0.1) is 32.8 Å². The van der Waals surface area contributed by atoms with Crippen molar-refractivity contribution >= 4 is 11.6 Å². The molecule has 0 unspecified atom stereocenters. The Labute approximate surface area is 178 Å². The number of hydrogen-bond acceptors (Lipinski definition) is 4. The number of quaternary nitrogens is 1. The number of piperazine rings is 1. The molecule has 0 spiro atoms. The smallest absolute Gasteiger partial charge is 0.275 e. The van der Waals surface area contributed by atoms with Crippen LogP contribution in [0.15, 0.2) is 42.5 Å². The van der Waals surface area contributed by atoms with E-state index in [9.17, 15) is 4.79 Å². The Kier molecular flexibility index (Phi) is 6.43. The zero-order chi connectivity index (χ0) is 20.9. The summed E-state index contributed by atoms with van der Waals surface area (Å²) in [6, 6.07) is 14.6. The summed E-state index contributed by atoms with van der Waals surface area (Å²) in [4.78, 5) is 16.3. The van der Waals surface area contributed by atoms with E-state index in [0.29, 0.717) is 19.7 Å². The number of fused-ring (bicyclic) bond motifs is 1. The minimum absolute atomic E-state index is 0.0791. The molecule has 1 saturated heterocycles. The minimum Gasteiger partial charge on any atom is -0.494 e. The van der Waals surface area contributed by atoms with Gasteiger partial charge in [0.2, 0.25) is 0 Å². The van der Waals surface area contributed by atoms with Crippen LogP contribution in [-0.2, 0) is 17.8 Å². The second-order valence-electron chi connectivity index (χ2n) is 8.16. The molecule has 2 N–H and O–H groups in total. The van der Waals surface area contributed by atoms with E-state index in [0.717, 1.165) is 49.7 Å². The molecule has 0 radical (unpaired) electrons. The summed E-state index contributed by atoms with van der Waals surface area (Å²) in [6.45, 7) is 9.51. The van der Waals surface area contributed by atoms with Crippen molar-refractivity contribution in [2.75, 3.05) is 44.2 Å². The van der Waals surface area contributed by atoms with Crippen molar-refractivity contribution in [1.29, 1.82) is 0 Å².